The van der Waals surface area contributed by atoms with Crippen LogP contribution >= 0.6 is 0 Å². The largest absolute Gasteiger partial charge is 0.481 e. The van der Waals surface area contributed by atoms with Crippen molar-refractivity contribution in [3.63, 3.8) is 0 Å². The van der Waals surface area contributed by atoms with E-state index in [2.05, 4.69) is 20.4 Å². The van der Waals surface area contributed by atoms with Crippen molar-refractivity contribution in [3.05, 3.63) is 53.2 Å². The molecule has 0 atom stereocenters. The van der Waals surface area contributed by atoms with Gasteiger partial charge in [-0.25, -0.2) is 14.6 Å². The van der Waals surface area contributed by atoms with Gasteiger partial charge in [-0.05, 0) is 31.5 Å². The fourth-order valence-corrected chi connectivity index (χ4v) is 3.20. The molecule has 3 heterocycles. The number of rotatable bonds is 4. The standard InChI is InChI=1S/C20H18F3N5O2/c1-19(2)13-9-24-17(25-16(13)26-18(19)29)14-8-15(30-3)28(27-14)10-11-4-6-12(7-5-11)20(21,22)23/h4-9H,10H2,1-3H3,(H,24,25,26,29). The van der Waals surface area contributed by atoms with E-state index in [1.807, 2.05) is 0 Å². The molecule has 1 N–H and O–H groups in total. The van der Waals surface area contributed by atoms with Gasteiger partial charge in [-0.2, -0.15) is 18.3 Å². The number of aromatic nitrogens is 4. The summed E-state index contributed by atoms with van der Waals surface area (Å²) in [6, 6.07) is 6.48. The van der Waals surface area contributed by atoms with E-state index in [0.717, 1.165) is 12.1 Å². The molecule has 4 rings (SSSR count). The summed E-state index contributed by atoms with van der Waals surface area (Å²) in [5, 5.41) is 7.17. The quantitative estimate of drug-likeness (QED) is 0.701. The van der Waals surface area contributed by atoms with Crippen LogP contribution in [0.25, 0.3) is 11.5 Å². The van der Waals surface area contributed by atoms with Crippen LogP contribution in [0.15, 0.2) is 36.5 Å². The van der Waals surface area contributed by atoms with Crippen LogP contribution in [0.3, 0.4) is 0 Å². The number of carbonyl (C=O) groups is 1. The molecule has 2 aromatic heterocycles. The predicted octanol–water partition coefficient (Wildman–Crippen LogP) is 3.65. The van der Waals surface area contributed by atoms with Gasteiger partial charge in [0.05, 0.1) is 24.6 Å². The van der Waals surface area contributed by atoms with Gasteiger partial charge >= 0.3 is 6.18 Å². The van der Waals surface area contributed by atoms with E-state index in [4.69, 9.17) is 4.74 Å². The fraction of sp³-hybridized carbons (Fsp3) is 0.300. The van der Waals surface area contributed by atoms with Gasteiger partial charge in [-0.3, -0.25) is 4.79 Å². The minimum atomic E-state index is -4.38. The molecular weight excluding hydrogens is 399 g/mol. The second-order valence-corrected chi connectivity index (χ2v) is 7.46. The van der Waals surface area contributed by atoms with Crippen molar-refractivity contribution in [3.8, 4) is 17.4 Å². The molecule has 30 heavy (non-hydrogen) atoms. The van der Waals surface area contributed by atoms with E-state index in [-0.39, 0.29) is 12.5 Å². The van der Waals surface area contributed by atoms with E-state index < -0.39 is 17.2 Å². The molecule has 10 heteroatoms. The second kappa shape index (κ2) is 6.82. The number of hydrogen-bond acceptors (Lipinski definition) is 5. The molecule has 0 aliphatic carbocycles. The van der Waals surface area contributed by atoms with E-state index in [0.29, 0.717) is 34.3 Å². The Bertz CT molecular complexity index is 1120. The first kappa shape index (κ1) is 19.9. The number of nitrogens with zero attached hydrogens (tertiary/aromatic N) is 4. The van der Waals surface area contributed by atoms with E-state index in [1.54, 1.807) is 26.1 Å². The van der Waals surface area contributed by atoms with Gasteiger partial charge in [0.15, 0.2) is 5.82 Å². The van der Waals surface area contributed by atoms with Crippen LogP contribution in [-0.2, 0) is 22.9 Å². The zero-order chi connectivity index (χ0) is 21.7. The monoisotopic (exact) mass is 417 g/mol. The molecule has 7 nitrogen and oxygen atoms in total. The molecule has 0 spiro atoms. The van der Waals surface area contributed by atoms with E-state index >= 15 is 0 Å². The molecule has 0 saturated carbocycles. The van der Waals surface area contributed by atoms with Crippen LogP contribution < -0.4 is 10.1 Å². The Morgan fingerprint density at radius 2 is 1.90 bits per heavy atom. The lowest BCUT2D eigenvalue weighted by atomic mass is 9.88. The predicted molar refractivity (Wildman–Crippen MR) is 102 cm³/mol. The van der Waals surface area contributed by atoms with Crippen LogP contribution in [0.2, 0.25) is 0 Å². The highest BCUT2D eigenvalue weighted by Crippen LogP contribution is 2.36. The third-order valence-electron chi connectivity index (χ3n) is 5.06. The maximum Gasteiger partial charge on any atom is 0.416 e. The number of fused-ring (bicyclic) bond motifs is 1. The van der Waals surface area contributed by atoms with Gasteiger partial charge in [0.25, 0.3) is 0 Å². The number of anilines is 1. The minimum absolute atomic E-state index is 0.158. The van der Waals surface area contributed by atoms with E-state index in [9.17, 15) is 18.0 Å². The Labute approximate surface area is 169 Å². The summed E-state index contributed by atoms with van der Waals surface area (Å²) in [6.45, 7) is 3.79. The molecule has 0 radical (unpaired) electrons. The number of benzene rings is 1. The van der Waals surface area contributed by atoms with Crippen LogP contribution in [0, 0.1) is 0 Å². The lowest BCUT2D eigenvalue weighted by Gasteiger charge is -2.13. The third-order valence-corrected chi connectivity index (χ3v) is 5.06. The highest BCUT2D eigenvalue weighted by Gasteiger charge is 2.40. The maximum absolute atomic E-state index is 12.7. The molecule has 0 fully saturated rings. The number of hydrogen-bond donors (Lipinski definition) is 1. The number of amides is 1. The average Bonchev–Trinajstić information content (AvgIpc) is 3.19. The molecule has 1 aliphatic heterocycles. The number of alkyl halides is 3. The number of ether oxygens (including phenoxy) is 1. The summed E-state index contributed by atoms with van der Waals surface area (Å²) < 4.78 is 45.1. The summed E-state index contributed by atoms with van der Waals surface area (Å²) >= 11 is 0. The van der Waals surface area contributed by atoms with E-state index in [1.165, 1.54) is 23.9 Å². The molecule has 3 aromatic rings. The fourth-order valence-electron chi connectivity index (χ4n) is 3.20. The van der Waals surface area contributed by atoms with Crippen LogP contribution in [0.1, 0.15) is 30.5 Å². The lowest BCUT2D eigenvalue weighted by molar-refractivity contribution is -0.137. The van der Waals surface area contributed by atoms with Crippen LogP contribution in [0.5, 0.6) is 5.88 Å². The molecule has 1 amide bonds. The summed E-state index contributed by atoms with van der Waals surface area (Å²) in [5.74, 6) is 0.982. The number of halogens is 3. The summed E-state index contributed by atoms with van der Waals surface area (Å²) in [4.78, 5) is 20.8. The van der Waals surface area contributed by atoms with Crippen molar-refractivity contribution in [2.75, 3.05) is 12.4 Å². The SMILES string of the molecule is COc1cc(-c2ncc3c(n2)NC(=O)C3(C)C)nn1Cc1ccc(C(F)(F)F)cc1. The molecular formula is C20H18F3N5O2. The smallest absolute Gasteiger partial charge is 0.416 e. The Morgan fingerprint density at radius 1 is 1.20 bits per heavy atom. The highest BCUT2D eigenvalue weighted by molar-refractivity contribution is 6.04. The van der Waals surface area contributed by atoms with Crippen LogP contribution in [0.4, 0.5) is 19.0 Å². The highest BCUT2D eigenvalue weighted by atomic mass is 19.4. The Hall–Kier alpha value is -3.43. The number of methoxy groups -OCH3 is 1. The molecule has 156 valence electrons. The normalized spacial score (nSPS) is 15.1. The first-order valence-electron chi connectivity index (χ1n) is 9.07. The molecule has 0 unspecified atom stereocenters. The van der Waals surface area contributed by atoms with Gasteiger partial charge in [-0.1, -0.05) is 12.1 Å². The summed E-state index contributed by atoms with van der Waals surface area (Å²) in [5.41, 5.74) is 0.316. The Kier molecular flexibility index (Phi) is 4.52. The first-order chi connectivity index (χ1) is 14.1. The molecule has 0 bridgehead atoms. The summed E-state index contributed by atoms with van der Waals surface area (Å²) in [7, 11) is 1.47. The third kappa shape index (κ3) is 3.38. The van der Waals surface area contributed by atoms with Crippen molar-refractivity contribution in [1.82, 2.24) is 19.7 Å². The lowest BCUT2D eigenvalue weighted by Crippen LogP contribution is -2.26. The Morgan fingerprint density at radius 3 is 2.53 bits per heavy atom. The van der Waals surface area contributed by atoms with Crippen LogP contribution in [-0.4, -0.2) is 32.8 Å². The minimum Gasteiger partial charge on any atom is -0.481 e. The van der Waals surface area contributed by atoms with Crippen molar-refractivity contribution in [1.29, 1.82) is 0 Å². The van der Waals surface area contributed by atoms with Gasteiger partial charge in [0.2, 0.25) is 11.8 Å². The van der Waals surface area contributed by atoms with Gasteiger partial charge in [0.1, 0.15) is 11.5 Å². The second-order valence-electron chi connectivity index (χ2n) is 7.46. The first-order valence-corrected chi connectivity index (χ1v) is 9.07. The van der Waals surface area contributed by atoms with Crippen molar-refractivity contribution < 1.29 is 22.7 Å². The zero-order valence-electron chi connectivity index (χ0n) is 16.4. The topological polar surface area (TPSA) is 81.9 Å². The average molecular weight is 417 g/mol. The maximum atomic E-state index is 12.7. The van der Waals surface area contributed by atoms with Gasteiger partial charge < -0.3 is 10.1 Å². The van der Waals surface area contributed by atoms with Gasteiger partial charge in [0, 0.05) is 17.8 Å². The van der Waals surface area contributed by atoms with Crippen molar-refractivity contribution in [2.24, 2.45) is 0 Å². The Balaban J connectivity index is 1.62. The zero-order valence-corrected chi connectivity index (χ0v) is 16.4. The van der Waals surface area contributed by atoms with Crippen molar-refractivity contribution >= 4 is 11.7 Å². The number of nitrogens with one attached hydrogen (secondary N) is 1. The van der Waals surface area contributed by atoms with Gasteiger partial charge in [-0.15, -0.1) is 0 Å². The molecule has 1 aromatic carbocycles. The number of carbonyl (C=O) groups excluding carboxylic acids is 1. The summed E-state index contributed by atoms with van der Waals surface area (Å²) in [6.07, 6.45) is -2.79. The van der Waals surface area contributed by atoms with Crippen molar-refractivity contribution in [2.45, 2.75) is 32.0 Å². The molecule has 0 saturated heterocycles. The molecule has 1 aliphatic rings.